The van der Waals surface area contributed by atoms with Gasteiger partial charge >= 0.3 is 0 Å². The monoisotopic (exact) mass is 228 g/mol. The van der Waals surface area contributed by atoms with Crippen molar-refractivity contribution in [3.63, 3.8) is 0 Å². The SMILES string of the molecule is CCc1cc(Cl)cc(C(C)(C)O)c1OC. The van der Waals surface area contributed by atoms with E-state index >= 15 is 0 Å². The van der Waals surface area contributed by atoms with Crippen molar-refractivity contribution in [3.05, 3.63) is 28.3 Å². The van der Waals surface area contributed by atoms with E-state index in [2.05, 4.69) is 0 Å². The standard InChI is InChI=1S/C12H17ClO2/c1-5-8-6-9(13)7-10(11(8)15-4)12(2,3)14/h6-7,14H,5H2,1-4H3. The first-order chi connectivity index (χ1) is 6.90. The maximum absolute atomic E-state index is 10.0. The number of aliphatic hydroxyl groups is 1. The molecule has 1 aromatic rings. The third kappa shape index (κ3) is 2.64. The van der Waals surface area contributed by atoms with Gasteiger partial charge in [0.1, 0.15) is 5.75 Å². The fourth-order valence-electron chi connectivity index (χ4n) is 1.61. The van der Waals surface area contributed by atoms with Crippen molar-refractivity contribution in [3.8, 4) is 5.75 Å². The van der Waals surface area contributed by atoms with Gasteiger partial charge in [0, 0.05) is 10.6 Å². The Balaban J connectivity index is 3.42. The molecule has 15 heavy (non-hydrogen) atoms. The molecule has 0 fully saturated rings. The van der Waals surface area contributed by atoms with Gasteiger partial charge < -0.3 is 9.84 Å². The number of benzene rings is 1. The minimum absolute atomic E-state index is 0.629. The number of methoxy groups -OCH3 is 1. The molecule has 0 aromatic heterocycles. The average molecular weight is 229 g/mol. The molecule has 0 unspecified atom stereocenters. The zero-order chi connectivity index (χ0) is 11.6. The molecule has 1 N–H and O–H groups in total. The Bertz CT molecular complexity index is 353. The van der Waals surface area contributed by atoms with Crippen LogP contribution < -0.4 is 4.74 Å². The molecule has 0 aliphatic heterocycles. The van der Waals surface area contributed by atoms with E-state index in [1.165, 1.54) is 0 Å². The van der Waals surface area contributed by atoms with Crippen LogP contribution in [0, 0.1) is 0 Å². The van der Waals surface area contributed by atoms with Crippen molar-refractivity contribution in [2.24, 2.45) is 0 Å². The van der Waals surface area contributed by atoms with Crippen LogP contribution in [0.4, 0.5) is 0 Å². The van der Waals surface area contributed by atoms with Gasteiger partial charge in [0.05, 0.1) is 12.7 Å². The van der Waals surface area contributed by atoms with E-state index in [-0.39, 0.29) is 0 Å². The first-order valence-electron chi connectivity index (χ1n) is 4.99. The van der Waals surface area contributed by atoms with Crippen LogP contribution in [-0.4, -0.2) is 12.2 Å². The van der Waals surface area contributed by atoms with Gasteiger partial charge in [-0.1, -0.05) is 18.5 Å². The van der Waals surface area contributed by atoms with E-state index in [4.69, 9.17) is 16.3 Å². The Morgan fingerprint density at radius 2 is 2.00 bits per heavy atom. The summed E-state index contributed by atoms with van der Waals surface area (Å²) in [5.41, 5.74) is 0.802. The van der Waals surface area contributed by atoms with Gasteiger partial charge in [-0.05, 0) is 38.0 Å². The molecule has 0 spiro atoms. The van der Waals surface area contributed by atoms with E-state index in [1.54, 1.807) is 27.0 Å². The lowest BCUT2D eigenvalue weighted by molar-refractivity contribution is 0.0755. The molecule has 0 aliphatic carbocycles. The Labute approximate surface area is 95.8 Å². The molecule has 0 saturated heterocycles. The van der Waals surface area contributed by atoms with E-state index in [0.717, 1.165) is 23.3 Å². The number of hydrogen-bond acceptors (Lipinski definition) is 2. The summed E-state index contributed by atoms with van der Waals surface area (Å²) in [4.78, 5) is 0. The van der Waals surface area contributed by atoms with Crippen molar-refractivity contribution in [2.75, 3.05) is 7.11 Å². The van der Waals surface area contributed by atoms with Gasteiger partial charge in [0.25, 0.3) is 0 Å². The third-order valence-corrected chi connectivity index (χ3v) is 2.59. The van der Waals surface area contributed by atoms with Gasteiger partial charge in [-0.15, -0.1) is 0 Å². The van der Waals surface area contributed by atoms with Gasteiger partial charge in [0.15, 0.2) is 0 Å². The molecule has 3 heteroatoms. The number of rotatable bonds is 3. The van der Waals surface area contributed by atoms with Crippen LogP contribution in [0.2, 0.25) is 5.02 Å². The Kier molecular flexibility index (Phi) is 3.63. The zero-order valence-corrected chi connectivity index (χ0v) is 10.4. The van der Waals surface area contributed by atoms with Crippen molar-refractivity contribution in [2.45, 2.75) is 32.8 Å². The van der Waals surface area contributed by atoms with E-state index < -0.39 is 5.60 Å². The average Bonchev–Trinajstić information content (AvgIpc) is 2.15. The topological polar surface area (TPSA) is 29.5 Å². The van der Waals surface area contributed by atoms with Crippen molar-refractivity contribution in [1.29, 1.82) is 0 Å². The van der Waals surface area contributed by atoms with Crippen LogP contribution in [-0.2, 0) is 12.0 Å². The van der Waals surface area contributed by atoms with E-state index in [9.17, 15) is 5.11 Å². The van der Waals surface area contributed by atoms with E-state index in [0.29, 0.717) is 5.02 Å². The molecule has 84 valence electrons. The fraction of sp³-hybridized carbons (Fsp3) is 0.500. The molecule has 0 bridgehead atoms. The maximum Gasteiger partial charge on any atom is 0.128 e. The predicted molar refractivity (Wildman–Crippen MR) is 62.6 cm³/mol. The van der Waals surface area contributed by atoms with Crippen molar-refractivity contribution < 1.29 is 9.84 Å². The van der Waals surface area contributed by atoms with Gasteiger partial charge in [-0.2, -0.15) is 0 Å². The highest BCUT2D eigenvalue weighted by Gasteiger charge is 2.23. The van der Waals surface area contributed by atoms with Crippen molar-refractivity contribution in [1.82, 2.24) is 0 Å². The zero-order valence-electron chi connectivity index (χ0n) is 9.60. The van der Waals surface area contributed by atoms with Gasteiger partial charge in [-0.25, -0.2) is 0 Å². The number of halogens is 1. The lowest BCUT2D eigenvalue weighted by atomic mass is 9.94. The summed E-state index contributed by atoms with van der Waals surface area (Å²) in [7, 11) is 1.61. The molecule has 0 heterocycles. The first-order valence-corrected chi connectivity index (χ1v) is 5.37. The minimum Gasteiger partial charge on any atom is -0.496 e. The molecular formula is C12H17ClO2. The van der Waals surface area contributed by atoms with Crippen LogP contribution in [0.5, 0.6) is 5.75 Å². The second kappa shape index (κ2) is 4.42. The van der Waals surface area contributed by atoms with Crippen LogP contribution in [0.15, 0.2) is 12.1 Å². The normalized spacial score (nSPS) is 11.6. The Morgan fingerprint density at radius 3 is 2.40 bits per heavy atom. The summed E-state index contributed by atoms with van der Waals surface area (Å²) < 4.78 is 5.33. The quantitative estimate of drug-likeness (QED) is 0.861. The van der Waals surface area contributed by atoms with E-state index in [1.807, 2.05) is 13.0 Å². The summed E-state index contributed by atoms with van der Waals surface area (Å²) in [6.45, 7) is 5.48. The summed E-state index contributed by atoms with van der Waals surface area (Å²) in [5, 5.41) is 10.6. The molecule has 0 aliphatic rings. The lowest BCUT2D eigenvalue weighted by Crippen LogP contribution is -2.17. The molecule has 0 saturated carbocycles. The van der Waals surface area contributed by atoms with Crippen LogP contribution >= 0.6 is 11.6 Å². The molecular weight excluding hydrogens is 212 g/mol. The predicted octanol–water partition coefficient (Wildman–Crippen LogP) is 3.14. The molecule has 1 aromatic carbocycles. The minimum atomic E-state index is -0.944. The lowest BCUT2D eigenvalue weighted by Gasteiger charge is -2.23. The summed E-state index contributed by atoms with van der Waals surface area (Å²) in [6, 6.07) is 3.62. The highest BCUT2D eigenvalue weighted by molar-refractivity contribution is 6.30. The van der Waals surface area contributed by atoms with Gasteiger partial charge in [0.2, 0.25) is 0 Å². The number of ether oxygens (including phenoxy) is 1. The summed E-state index contributed by atoms with van der Waals surface area (Å²) in [6.07, 6.45) is 0.826. The molecule has 2 nitrogen and oxygen atoms in total. The fourth-order valence-corrected chi connectivity index (χ4v) is 1.85. The highest BCUT2D eigenvalue weighted by atomic mass is 35.5. The summed E-state index contributed by atoms with van der Waals surface area (Å²) in [5.74, 6) is 0.731. The van der Waals surface area contributed by atoms with Crippen molar-refractivity contribution >= 4 is 11.6 Å². The largest absolute Gasteiger partial charge is 0.496 e. The Hall–Kier alpha value is -0.730. The molecule has 0 amide bonds. The smallest absolute Gasteiger partial charge is 0.128 e. The van der Waals surface area contributed by atoms with Crippen LogP contribution in [0.25, 0.3) is 0 Å². The number of aryl methyl sites for hydroxylation is 1. The molecule has 0 atom stereocenters. The maximum atomic E-state index is 10.0. The second-order valence-corrected chi connectivity index (χ2v) is 4.49. The number of hydrogen-bond donors (Lipinski definition) is 1. The summed E-state index contributed by atoms with van der Waals surface area (Å²) >= 11 is 6.00. The van der Waals surface area contributed by atoms with Crippen LogP contribution in [0.1, 0.15) is 31.9 Å². The highest BCUT2D eigenvalue weighted by Crippen LogP contribution is 2.35. The second-order valence-electron chi connectivity index (χ2n) is 4.06. The molecule has 1 rings (SSSR count). The molecule has 0 radical (unpaired) electrons. The Morgan fingerprint density at radius 1 is 1.40 bits per heavy atom. The third-order valence-electron chi connectivity index (χ3n) is 2.37. The van der Waals surface area contributed by atoms with Gasteiger partial charge in [-0.3, -0.25) is 0 Å². The first kappa shape index (κ1) is 12.3. The van der Waals surface area contributed by atoms with Crippen LogP contribution in [0.3, 0.4) is 0 Å².